The van der Waals surface area contributed by atoms with Crippen LogP contribution < -0.4 is 10.1 Å². The van der Waals surface area contributed by atoms with Crippen molar-refractivity contribution in [1.29, 1.82) is 0 Å². The fourth-order valence-corrected chi connectivity index (χ4v) is 2.59. The van der Waals surface area contributed by atoms with E-state index in [0.717, 1.165) is 16.2 Å². The predicted molar refractivity (Wildman–Crippen MR) is 91.5 cm³/mol. The second-order valence-electron chi connectivity index (χ2n) is 4.81. The van der Waals surface area contributed by atoms with Crippen LogP contribution in [-0.4, -0.2) is 23.2 Å². The van der Waals surface area contributed by atoms with Gasteiger partial charge in [0.25, 0.3) is 0 Å². The summed E-state index contributed by atoms with van der Waals surface area (Å²) in [5.74, 6) is 1.43. The topological polar surface area (TPSA) is 77.2 Å². The van der Waals surface area contributed by atoms with Crippen LogP contribution in [-0.2, 0) is 11.3 Å². The molecule has 6 nitrogen and oxygen atoms in total. The van der Waals surface area contributed by atoms with Crippen molar-refractivity contribution < 1.29 is 14.1 Å². The van der Waals surface area contributed by atoms with Gasteiger partial charge in [-0.3, -0.25) is 4.79 Å². The lowest BCUT2D eigenvalue weighted by atomic mass is 10.2. The van der Waals surface area contributed by atoms with E-state index in [4.69, 9.17) is 9.26 Å². The zero-order valence-electron chi connectivity index (χ0n) is 12.9. The Hall–Kier alpha value is -2.93. The first-order valence-electron chi connectivity index (χ1n) is 7.21. The molecule has 0 unspecified atom stereocenters. The number of nitrogens with zero attached hydrogens (tertiary/aromatic N) is 2. The summed E-state index contributed by atoms with van der Waals surface area (Å²) in [6.07, 6.45) is 3.18. The van der Waals surface area contributed by atoms with Gasteiger partial charge in [-0.05, 0) is 35.2 Å². The summed E-state index contributed by atoms with van der Waals surface area (Å²) in [5.41, 5.74) is 0.906. The van der Waals surface area contributed by atoms with Crippen molar-refractivity contribution in [3.05, 3.63) is 59.3 Å². The SMILES string of the molecule is COc1ccc(/C=C/C(=O)NCc2nc(-c3cccs3)no2)cc1. The Morgan fingerprint density at radius 2 is 2.17 bits per heavy atom. The van der Waals surface area contributed by atoms with Crippen molar-refractivity contribution in [2.24, 2.45) is 0 Å². The van der Waals surface area contributed by atoms with Crippen molar-refractivity contribution in [2.75, 3.05) is 7.11 Å². The molecule has 0 aliphatic heterocycles. The fourth-order valence-electron chi connectivity index (χ4n) is 1.94. The maximum atomic E-state index is 11.8. The molecule has 2 aromatic heterocycles. The van der Waals surface area contributed by atoms with Crippen LogP contribution in [0.3, 0.4) is 0 Å². The molecule has 0 aliphatic rings. The number of rotatable bonds is 6. The van der Waals surface area contributed by atoms with Gasteiger partial charge in [-0.2, -0.15) is 4.98 Å². The van der Waals surface area contributed by atoms with Gasteiger partial charge in [-0.1, -0.05) is 23.4 Å². The van der Waals surface area contributed by atoms with Gasteiger partial charge in [0.2, 0.25) is 17.6 Å². The molecule has 3 rings (SSSR count). The van der Waals surface area contributed by atoms with Crippen molar-refractivity contribution in [1.82, 2.24) is 15.5 Å². The average Bonchev–Trinajstić information content (AvgIpc) is 3.29. The van der Waals surface area contributed by atoms with Crippen LogP contribution in [0.15, 0.2) is 52.4 Å². The molecule has 0 fully saturated rings. The quantitative estimate of drug-likeness (QED) is 0.697. The number of methoxy groups -OCH3 is 1. The van der Waals surface area contributed by atoms with Crippen LogP contribution in [0.4, 0.5) is 0 Å². The minimum Gasteiger partial charge on any atom is -0.497 e. The smallest absolute Gasteiger partial charge is 0.246 e. The normalized spacial score (nSPS) is 10.9. The summed E-state index contributed by atoms with van der Waals surface area (Å²) >= 11 is 1.53. The predicted octanol–water partition coefficient (Wildman–Crippen LogP) is 3.14. The van der Waals surface area contributed by atoms with E-state index >= 15 is 0 Å². The van der Waals surface area contributed by atoms with Crippen LogP contribution in [0, 0.1) is 0 Å². The van der Waals surface area contributed by atoms with Gasteiger partial charge in [0.1, 0.15) is 5.75 Å². The molecule has 3 aromatic rings. The molecule has 2 heterocycles. The molecule has 24 heavy (non-hydrogen) atoms. The molecule has 1 amide bonds. The minimum absolute atomic E-state index is 0.185. The number of thiophene rings is 1. The third kappa shape index (κ3) is 4.08. The minimum atomic E-state index is -0.235. The highest BCUT2D eigenvalue weighted by molar-refractivity contribution is 7.13. The summed E-state index contributed by atoms with van der Waals surface area (Å²) in [6.45, 7) is 0.185. The first-order chi connectivity index (χ1) is 11.7. The van der Waals surface area contributed by atoms with Gasteiger partial charge < -0.3 is 14.6 Å². The standard InChI is InChI=1S/C17H15N3O3S/c1-22-13-7-4-12(5-8-13)6-9-15(21)18-11-16-19-17(20-23-16)14-3-2-10-24-14/h2-10H,11H2,1H3,(H,18,21)/b9-6+. The van der Waals surface area contributed by atoms with E-state index in [1.807, 2.05) is 41.8 Å². The molecule has 0 spiro atoms. The Bertz CT molecular complexity index is 823. The molecular weight excluding hydrogens is 326 g/mol. The number of carbonyl (C=O) groups is 1. The van der Waals surface area contributed by atoms with E-state index in [2.05, 4.69) is 15.5 Å². The van der Waals surface area contributed by atoms with E-state index in [1.165, 1.54) is 17.4 Å². The molecule has 0 bridgehead atoms. The lowest BCUT2D eigenvalue weighted by molar-refractivity contribution is -0.116. The van der Waals surface area contributed by atoms with E-state index in [-0.39, 0.29) is 12.5 Å². The van der Waals surface area contributed by atoms with Crippen LogP contribution in [0.25, 0.3) is 16.8 Å². The third-order valence-corrected chi connectivity index (χ3v) is 4.03. The average molecular weight is 341 g/mol. The number of hydrogen-bond donors (Lipinski definition) is 1. The van der Waals surface area contributed by atoms with Crippen molar-refractivity contribution >= 4 is 23.3 Å². The number of benzene rings is 1. The Morgan fingerprint density at radius 3 is 2.88 bits per heavy atom. The van der Waals surface area contributed by atoms with Crippen molar-refractivity contribution in [2.45, 2.75) is 6.54 Å². The van der Waals surface area contributed by atoms with E-state index in [1.54, 1.807) is 13.2 Å². The van der Waals surface area contributed by atoms with Crippen molar-refractivity contribution in [3.63, 3.8) is 0 Å². The molecule has 0 saturated heterocycles. The second kappa shape index (κ2) is 7.56. The molecule has 7 heteroatoms. The second-order valence-corrected chi connectivity index (χ2v) is 5.76. The highest BCUT2D eigenvalue weighted by Crippen LogP contribution is 2.21. The molecule has 122 valence electrons. The summed E-state index contributed by atoms with van der Waals surface area (Å²) in [4.78, 5) is 17.0. The van der Waals surface area contributed by atoms with Crippen LogP contribution in [0.2, 0.25) is 0 Å². The number of amides is 1. The van der Waals surface area contributed by atoms with Gasteiger partial charge in [-0.15, -0.1) is 11.3 Å². The molecule has 0 saturated carbocycles. The first kappa shape index (κ1) is 15.9. The maximum absolute atomic E-state index is 11.8. The van der Waals surface area contributed by atoms with Crippen LogP contribution in [0.1, 0.15) is 11.5 Å². The number of carbonyl (C=O) groups excluding carboxylic acids is 1. The summed E-state index contributed by atoms with van der Waals surface area (Å²) < 4.78 is 10.2. The fraction of sp³-hybridized carbons (Fsp3) is 0.118. The Balaban J connectivity index is 1.52. The highest BCUT2D eigenvalue weighted by atomic mass is 32.1. The van der Waals surface area contributed by atoms with E-state index in [9.17, 15) is 4.79 Å². The van der Waals surface area contributed by atoms with Gasteiger partial charge in [-0.25, -0.2) is 0 Å². The van der Waals surface area contributed by atoms with Gasteiger partial charge in [0.05, 0.1) is 18.5 Å². The number of hydrogen-bond acceptors (Lipinski definition) is 6. The largest absolute Gasteiger partial charge is 0.497 e. The highest BCUT2D eigenvalue weighted by Gasteiger charge is 2.09. The maximum Gasteiger partial charge on any atom is 0.246 e. The Labute approximate surface area is 142 Å². The molecule has 1 aromatic carbocycles. The van der Waals surface area contributed by atoms with Crippen molar-refractivity contribution in [3.8, 4) is 16.5 Å². The number of ether oxygens (including phenoxy) is 1. The van der Waals surface area contributed by atoms with E-state index < -0.39 is 0 Å². The first-order valence-corrected chi connectivity index (χ1v) is 8.09. The molecule has 0 aliphatic carbocycles. The Morgan fingerprint density at radius 1 is 1.33 bits per heavy atom. The molecule has 1 N–H and O–H groups in total. The number of nitrogens with one attached hydrogen (secondary N) is 1. The lowest BCUT2D eigenvalue weighted by Gasteiger charge is -1.99. The Kier molecular flexibility index (Phi) is 5.02. The molecular formula is C17H15N3O3S. The van der Waals surface area contributed by atoms with Gasteiger partial charge in [0, 0.05) is 6.08 Å². The molecule has 0 atom stereocenters. The van der Waals surface area contributed by atoms with Crippen LogP contribution in [0.5, 0.6) is 5.75 Å². The summed E-state index contributed by atoms with van der Waals surface area (Å²) in [7, 11) is 1.61. The van der Waals surface area contributed by atoms with Gasteiger partial charge in [0.15, 0.2) is 0 Å². The third-order valence-electron chi connectivity index (χ3n) is 3.17. The summed E-state index contributed by atoms with van der Waals surface area (Å²) in [5, 5.41) is 8.54. The zero-order valence-corrected chi connectivity index (χ0v) is 13.7. The monoisotopic (exact) mass is 341 g/mol. The molecule has 0 radical (unpaired) electrons. The van der Waals surface area contributed by atoms with Gasteiger partial charge >= 0.3 is 0 Å². The van der Waals surface area contributed by atoms with E-state index in [0.29, 0.717) is 11.7 Å². The lowest BCUT2D eigenvalue weighted by Crippen LogP contribution is -2.20. The summed E-state index contributed by atoms with van der Waals surface area (Å²) in [6, 6.07) is 11.2. The van der Waals surface area contributed by atoms with Crippen LogP contribution >= 0.6 is 11.3 Å². The number of aromatic nitrogens is 2. The zero-order chi connectivity index (χ0) is 16.8.